The second-order valence-electron chi connectivity index (χ2n) is 5.72. The highest BCUT2D eigenvalue weighted by Gasteiger charge is 2.12. The number of likely N-dealkylation sites (tertiary alicyclic amines) is 1. The van der Waals surface area contributed by atoms with Gasteiger partial charge in [0.1, 0.15) is 0 Å². The maximum atomic E-state index is 4.56. The lowest BCUT2D eigenvalue weighted by Gasteiger charge is -2.16. The van der Waals surface area contributed by atoms with Crippen molar-refractivity contribution in [3.05, 3.63) is 11.9 Å². The van der Waals surface area contributed by atoms with Crippen LogP contribution in [-0.2, 0) is 6.54 Å². The van der Waals surface area contributed by atoms with Crippen LogP contribution in [0.3, 0.4) is 0 Å². The Kier molecular flexibility index (Phi) is 4.64. The van der Waals surface area contributed by atoms with Gasteiger partial charge in [-0.3, -0.25) is 0 Å². The fraction of sp³-hybridized carbons (Fsp3) is 0.786. The van der Waals surface area contributed by atoms with Crippen LogP contribution >= 0.6 is 0 Å². The molecule has 2 rings (SSSR count). The lowest BCUT2D eigenvalue weighted by Crippen LogP contribution is -2.24. The molecule has 1 aliphatic heterocycles. The monoisotopic (exact) mass is 250 g/mol. The molecular weight excluding hydrogens is 224 g/mol. The Labute approximate surface area is 110 Å². The van der Waals surface area contributed by atoms with Crippen molar-refractivity contribution in [2.45, 2.75) is 40.2 Å². The van der Waals surface area contributed by atoms with Crippen molar-refractivity contribution in [3.63, 3.8) is 0 Å². The summed E-state index contributed by atoms with van der Waals surface area (Å²) in [7, 11) is 0. The molecule has 0 atom stereocenters. The summed E-state index contributed by atoms with van der Waals surface area (Å²) < 4.78 is 2.26. The number of nitrogens with zero attached hydrogens (tertiary/aromatic N) is 3. The summed E-state index contributed by atoms with van der Waals surface area (Å²) in [6.07, 6.45) is 4.88. The van der Waals surface area contributed by atoms with E-state index >= 15 is 0 Å². The first-order chi connectivity index (χ1) is 8.65. The standard InChI is InChI=1S/C14H26N4/c1-12(2)10-15-14-16-13(3)11-18(14)9-8-17-6-4-5-7-17/h11-12H,4-10H2,1-3H3,(H,15,16). The molecule has 0 spiro atoms. The number of hydrogen-bond donors (Lipinski definition) is 1. The minimum absolute atomic E-state index is 0.647. The van der Waals surface area contributed by atoms with Crippen molar-refractivity contribution in [1.29, 1.82) is 0 Å². The topological polar surface area (TPSA) is 33.1 Å². The molecule has 0 aliphatic carbocycles. The summed E-state index contributed by atoms with van der Waals surface area (Å²) in [4.78, 5) is 7.10. The van der Waals surface area contributed by atoms with Gasteiger partial charge in [0.2, 0.25) is 5.95 Å². The van der Waals surface area contributed by atoms with Gasteiger partial charge in [0, 0.05) is 25.8 Å². The van der Waals surface area contributed by atoms with Crippen LogP contribution in [0.1, 0.15) is 32.4 Å². The number of rotatable bonds is 6. The fourth-order valence-corrected chi connectivity index (χ4v) is 2.41. The van der Waals surface area contributed by atoms with Crippen molar-refractivity contribution in [2.75, 3.05) is 31.5 Å². The van der Waals surface area contributed by atoms with E-state index in [9.17, 15) is 0 Å². The lowest BCUT2D eigenvalue weighted by molar-refractivity contribution is 0.323. The summed E-state index contributed by atoms with van der Waals surface area (Å²) in [5.41, 5.74) is 1.10. The Hall–Kier alpha value is -1.03. The summed E-state index contributed by atoms with van der Waals surface area (Å²) in [5.74, 6) is 1.68. The molecule has 0 saturated carbocycles. The zero-order valence-corrected chi connectivity index (χ0v) is 11.9. The summed E-state index contributed by atoms with van der Waals surface area (Å²) in [6, 6.07) is 0. The predicted molar refractivity (Wildman–Crippen MR) is 76.0 cm³/mol. The third-order valence-corrected chi connectivity index (χ3v) is 3.42. The first kappa shape index (κ1) is 13.4. The Morgan fingerprint density at radius 2 is 2.00 bits per heavy atom. The van der Waals surface area contributed by atoms with Crippen LogP contribution < -0.4 is 5.32 Å². The second kappa shape index (κ2) is 6.23. The van der Waals surface area contributed by atoms with Gasteiger partial charge in [-0.25, -0.2) is 4.98 Å². The van der Waals surface area contributed by atoms with E-state index in [-0.39, 0.29) is 0 Å². The van der Waals surface area contributed by atoms with Crippen molar-refractivity contribution >= 4 is 5.95 Å². The molecule has 0 aromatic carbocycles. The highest BCUT2D eigenvalue weighted by molar-refractivity contribution is 5.28. The molecule has 1 saturated heterocycles. The Balaban J connectivity index is 1.89. The lowest BCUT2D eigenvalue weighted by atomic mass is 10.2. The van der Waals surface area contributed by atoms with Crippen molar-refractivity contribution in [3.8, 4) is 0 Å². The third kappa shape index (κ3) is 3.73. The first-order valence-corrected chi connectivity index (χ1v) is 7.15. The molecule has 102 valence electrons. The van der Waals surface area contributed by atoms with E-state index < -0.39 is 0 Å². The molecule has 18 heavy (non-hydrogen) atoms. The van der Waals surface area contributed by atoms with Crippen LogP contribution in [0.5, 0.6) is 0 Å². The summed E-state index contributed by atoms with van der Waals surface area (Å²) in [6.45, 7) is 12.2. The zero-order valence-electron chi connectivity index (χ0n) is 11.9. The van der Waals surface area contributed by atoms with Crippen LogP contribution in [0, 0.1) is 12.8 Å². The van der Waals surface area contributed by atoms with Crippen LogP contribution in [0.25, 0.3) is 0 Å². The number of aromatic nitrogens is 2. The normalized spacial score (nSPS) is 16.7. The van der Waals surface area contributed by atoms with E-state index in [1.165, 1.54) is 25.9 Å². The van der Waals surface area contributed by atoms with E-state index in [2.05, 4.69) is 46.7 Å². The van der Waals surface area contributed by atoms with Crippen molar-refractivity contribution in [1.82, 2.24) is 14.5 Å². The minimum atomic E-state index is 0.647. The maximum Gasteiger partial charge on any atom is 0.203 e. The molecule has 1 aromatic heterocycles. The van der Waals surface area contributed by atoms with E-state index in [4.69, 9.17) is 0 Å². The molecule has 4 nitrogen and oxygen atoms in total. The van der Waals surface area contributed by atoms with E-state index in [0.717, 1.165) is 31.3 Å². The van der Waals surface area contributed by atoms with Crippen molar-refractivity contribution < 1.29 is 0 Å². The largest absolute Gasteiger partial charge is 0.355 e. The van der Waals surface area contributed by atoms with E-state index in [0.29, 0.717) is 5.92 Å². The van der Waals surface area contributed by atoms with E-state index in [1.54, 1.807) is 0 Å². The quantitative estimate of drug-likeness (QED) is 0.841. The third-order valence-electron chi connectivity index (χ3n) is 3.42. The molecule has 1 fully saturated rings. The zero-order chi connectivity index (χ0) is 13.0. The Morgan fingerprint density at radius 1 is 1.28 bits per heavy atom. The van der Waals surface area contributed by atoms with Gasteiger partial charge in [-0.1, -0.05) is 13.8 Å². The molecule has 1 aromatic rings. The molecule has 1 aliphatic rings. The molecule has 0 bridgehead atoms. The van der Waals surface area contributed by atoms with Gasteiger partial charge < -0.3 is 14.8 Å². The Morgan fingerprint density at radius 3 is 2.67 bits per heavy atom. The number of aryl methyl sites for hydroxylation is 1. The highest BCUT2D eigenvalue weighted by Crippen LogP contribution is 2.11. The molecular formula is C14H26N4. The van der Waals surface area contributed by atoms with Gasteiger partial charge >= 0.3 is 0 Å². The average Bonchev–Trinajstić information content (AvgIpc) is 2.92. The first-order valence-electron chi connectivity index (χ1n) is 7.15. The van der Waals surface area contributed by atoms with Crippen molar-refractivity contribution in [2.24, 2.45) is 5.92 Å². The van der Waals surface area contributed by atoms with E-state index in [1.807, 2.05) is 0 Å². The molecule has 0 unspecified atom stereocenters. The van der Waals surface area contributed by atoms with Gasteiger partial charge in [0.15, 0.2) is 0 Å². The van der Waals surface area contributed by atoms with Crippen LogP contribution in [0.2, 0.25) is 0 Å². The SMILES string of the molecule is Cc1cn(CCN2CCCC2)c(NCC(C)C)n1. The van der Waals surface area contributed by atoms with Gasteiger partial charge in [-0.05, 0) is 38.8 Å². The summed E-state index contributed by atoms with van der Waals surface area (Å²) >= 11 is 0. The number of hydrogen-bond acceptors (Lipinski definition) is 3. The van der Waals surface area contributed by atoms with Gasteiger partial charge in [0.25, 0.3) is 0 Å². The molecule has 0 amide bonds. The minimum Gasteiger partial charge on any atom is -0.355 e. The second-order valence-corrected chi connectivity index (χ2v) is 5.72. The maximum absolute atomic E-state index is 4.56. The molecule has 2 heterocycles. The predicted octanol–water partition coefficient (Wildman–Crippen LogP) is 2.36. The molecule has 4 heteroatoms. The average molecular weight is 250 g/mol. The highest BCUT2D eigenvalue weighted by atomic mass is 15.2. The molecule has 1 N–H and O–H groups in total. The number of anilines is 1. The Bertz CT molecular complexity index is 364. The van der Waals surface area contributed by atoms with Crippen LogP contribution in [0.4, 0.5) is 5.95 Å². The fourth-order valence-electron chi connectivity index (χ4n) is 2.41. The van der Waals surface area contributed by atoms with Gasteiger partial charge in [-0.15, -0.1) is 0 Å². The number of nitrogens with one attached hydrogen (secondary N) is 1. The molecule has 0 radical (unpaired) electrons. The number of imidazole rings is 1. The smallest absolute Gasteiger partial charge is 0.203 e. The van der Waals surface area contributed by atoms with Crippen LogP contribution in [-0.4, -0.2) is 40.6 Å². The van der Waals surface area contributed by atoms with Crippen LogP contribution in [0.15, 0.2) is 6.20 Å². The van der Waals surface area contributed by atoms with Gasteiger partial charge in [-0.2, -0.15) is 0 Å². The van der Waals surface area contributed by atoms with Gasteiger partial charge in [0.05, 0.1) is 5.69 Å². The summed E-state index contributed by atoms with van der Waals surface area (Å²) in [5, 5.41) is 3.44.